The number of aromatic nitrogens is 2. The first-order chi connectivity index (χ1) is 7.56. The van der Waals surface area contributed by atoms with Crippen molar-refractivity contribution < 1.29 is 4.79 Å². The summed E-state index contributed by atoms with van der Waals surface area (Å²) >= 11 is 0. The molecule has 1 atom stereocenters. The largest absolute Gasteiger partial charge is 0.293 e. The van der Waals surface area contributed by atoms with E-state index >= 15 is 0 Å². The summed E-state index contributed by atoms with van der Waals surface area (Å²) in [5.74, 6) is -0.740. The normalized spacial score (nSPS) is 11.6. The van der Waals surface area contributed by atoms with Gasteiger partial charge in [-0.3, -0.25) is 10.1 Å². The number of rotatable bonds is 3. The van der Waals surface area contributed by atoms with Crippen LogP contribution < -0.4 is 5.32 Å². The Morgan fingerprint density at radius 2 is 2.06 bits per heavy atom. The van der Waals surface area contributed by atoms with Crippen LogP contribution in [0.5, 0.6) is 0 Å². The fourth-order valence-electron chi connectivity index (χ4n) is 1.31. The van der Waals surface area contributed by atoms with Gasteiger partial charge in [0.25, 0.3) is 0 Å². The number of carbonyl (C=O) groups excluding carboxylic acids is 1. The molecule has 0 saturated heterocycles. The van der Waals surface area contributed by atoms with Crippen molar-refractivity contribution in [2.45, 2.75) is 27.2 Å². The van der Waals surface area contributed by atoms with Crippen LogP contribution in [0.3, 0.4) is 0 Å². The molecule has 1 heterocycles. The molecule has 1 amide bonds. The highest BCUT2D eigenvalue weighted by Crippen LogP contribution is 2.07. The summed E-state index contributed by atoms with van der Waals surface area (Å²) in [5.41, 5.74) is 1.57. The van der Waals surface area contributed by atoms with Crippen LogP contribution in [-0.4, -0.2) is 15.9 Å². The molecular weight excluding hydrogens is 204 g/mol. The van der Waals surface area contributed by atoms with Crippen LogP contribution in [0, 0.1) is 31.1 Å². The topological polar surface area (TPSA) is 78.7 Å². The van der Waals surface area contributed by atoms with Gasteiger partial charge < -0.3 is 0 Å². The molecule has 0 radical (unpaired) electrons. The van der Waals surface area contributed by atoms with Crippen LogP contribution in [0.25, 0.3) is 0 Å². The highest BCUT2D eigenvalue weighted by Gasteiger charge is 2.16. The third kappa shape index (κ3) is 3.02. The van der Waals surface area contributed by atoms with Crippen molar-refractivity contribution in [2.24, 2.45) is 5.92 Å². The molecular formula is C11H14N4O. The molecule has 1 N–H and O–H groups in total. The van der Waals surface area contributed by atoms with Gasteiger partial charge in [-0.05, 0) is 26.3 Å². The zero-order valence-electron chi connectivity index (χ0n) is 9.61. The summed E-state index contributed by atoms with van der Waals surface area (Å²) < 4.78 is 0. The van der Waals surface area contributed by atoms with Gasteiger partial charge in [0.1, 0.15) is 5.92 Å². The monoisotopic (exact) mass is 218 g/mol. The quantitative estimate of drug-likeness (QED) is 0.835. The van der Waals surface area contributed by atoms with Crippen molar-refractivity contribution in [3.63, 3.8) is 0 Å². The standard InChI is InChI=1S/C11H14N4O/c1-4-9(6-12)10(16)15-11-13-7(2)5-8(3)14-11/h5,9H,4H2,1-3H3,(H,13,14,15,16). The first kappa shape index (κ1) is 12.1. The number of carbonyl (C=O) groups is 1. The van der Waals surface area contributed by atoms with E-state index in [1.54, 1.807) is 6.92 Å². The SMILES string of the molecule is CCC(C#N)C(=O)Nc1nc(C)cc(C)n1. The molecule has 5 nitrogen and oxygen atoms in total. The second-order valence-electron chi connectivity index (χ2n) is 3.55. The molecule has 0 fully saturated rings. The molecule has 0 aliphatic rings. The lowest BCUT2D eigenvalue weighted by Crippen LogP contribution is -2.22. The fourth-order valence-corrected chi connectivity index (χ4v) is 1.31. The van der Waals surface area contributed by atoms with E-state index in [-0.39, 0.29) is 11.9 Å². The molecule has 0 aliphatic carbocycles. The second kappa shape index (κ2) is 5.21. The number of nitriles is 1. The number of hydrogen-bond acceptors (Lipinski definition) is 4. The average Bonchev–Trinajstić information content (AvgIpc) is 2.17. The highest BCUT2D eigenvalue weighted by atomic mass is 16.2. The van der Waals surface area contributed by atoms with Gasteiger partial charge in [-0.1, -0.05) is 6.92 Å². The van der Waals surface area contributed by atoms with Crippen molar-refractivity contribution >= 4 is 11.9 Å². The maximum atomic E-state index is 11.6. The van der Waals surface area contributed by atoms with Gasteiger partial charge in [-0.25, -0.2) is 9.97 Å². The minimum absolute atomic E-state index is 0.260. The molecule has 1 aromatic heterocycles. The van der Waals surface area contributed by atoms with Gasteiger partial charge in [0.15, 0.2) is 0 Å². The Morgan fingerprint density at radius 3 is 2.50 bits per heavy atom. The number of hydrogen-bond donors (Lipinski definition) is 1. The van der Waals surface area contributed by atoms with Gasteiger partial charge in [0, 0.05) is 11.4 Å². The van der Waals surface area contributed by atoms with Crippen LogP contribution in [0.1, 0.15) is 24.7 Å². The maximum Gasteiger partial charge on any atom is 0.244 e. The van der Waals surface area contributed by atoms with Crippen LogP contribution in [0.15, 0.2) is 6.07 Å². The molecule has 1 aromatic rings. The van der Waals surface area contributed by atoms with E-state index in [2.05, 4.69) is 15.3 Å². The second-order valence-corrected chi connectivity index (χ2v) is 3.55. The lowest BCUT2D eigenvalue weighted by molar-refractivity contribution is -0.118. The van der Waals surface area contributed by atoms with E-state index < -0.39 is 5.92 Å². The van der Waals surface area contributed by atoms with Gasteiger partial charge >= 0.3 is 0 Å². The third-order valence-corrected chi connectivity index (χ3v) is 2.10. The predicted octanol–water partition coefficient (Wildman–Crippen LogP) is 1.58. The molecule has 5 heteroatoms. The van der Waals surface area contributed by atoms with Crippen molar-refractivity contribution in [3.05, 3.63) is 17.5 Å². The predicted molar refractivity (Wildman–Crippen MR) is 59.5 cm³/mol. The number of anilines is 1. The van der Waals surface area contributed by atoms with Gasteiger partial charge in [0.2, 0.25) is 11.9 Å². The Bertz CT molecular complexity index is 416. The minimum atomic E-state index is -0.649. The summed E-state index contributed by atoms with van der Waals surface area (Å²) in [4.78, 5) is 19.7. The molecule has 0 aliphatic heterocycles. The molecule has 1 unspecified atom stereocenters. The van der Waals surface area contributed by atoms with Crippen LogP contribution >= 0.6 is 0 Å². The van der Waals surface area contributed by atoms with Gasteiger partial charge in [-0.2, -0.15) is 5.26 Å². The Hall–Kier alpha value is -1.96. The molecule has 0 spiro atoms. The smallest absolute Gasteiger partial charge is 0.244 e. The van der Waals surface area contributed by atoms with E-state index in [0.717, 1.165) is 11.4 Å². The first-order valence-corrected chi connectivity index (χ1v) is 5.09. The van der Waals surface area contributed by atoms with Crippen molar-refractivity contribution in [1.82, 2.24) is 9.97 Å². The molecule has 16 heavy (non-hydrogen) atoms. The number of amides is 1. The maximum absolute atomic E-state index is 11.6. The van der Waals surface area contributed by atoms with Gasteiger partial charge in [-0.15, -0.1) is 0 Å². The van der Waals surface area contributed by atoms with E-state index in [1.807, 2.05) is 26.0 Å². The minimum Gasteiger partial charge on any atom is -0.293 e. The summed E-state index contributed by atoms with van der Waals surface area (Å²) in [6, 6.07) is 3.75. The van der Waals surface area contributed by atoms with E-state index in [0.29, 0.717) is 6.42 Å². The fraction of sp³-hybridized carbons (Fsp3) is 0.455. The van der Waals surface area contributed by atoms with E-state index in [1.165, 1.54) is 0 Å². The van der Waals surface area contributed by atoms with Crippen LogP contribution in [0.4, 0.5) is 5.95 Å². The average molecular weight is 218 g/mol. The van der Waals surface area contributed by atoms with Crippen LogP contribution in [0.2, 0.25) is 0 Å². The van der Waals surface area contributed by atoms with Crippen molar-refractivity contribution in [1.29, 1.82) is 5.26 Å². The lowest BCUT2D eigenvalue weighted by Gasteiger charge is -2.07. The lowest BCUT2D eigenvalue weighted by atomic mass is 10.1. The van der Waals surface area contributed by atoms with Crippen LogP contribution in [-0.2, 0) is 4.79 Å². The zero-order chi connectivity index (χ0) is 12.1. The molecule has 0 bridgehead atoms. The summed E-state index contributed by atoms with van der Waals surface area (Å²) in [6.45, 7) is 5.44. The Kier molecular flexibility index (Phi) is 3.95. The zero-order valence-corrected chi connectivity index (χ0v) is 9.61. The van der Waals surface area contributed by atoms with E-state index in [9.17, 15) is 4.79 Å². The Morgan fingerprint density at radius 1 is 1.50 bits per heavy atom. The molecule has 0 aromatic carbocycles. The van der Waals surface area contributed by atoms with Crippen molar-refractivity contribution in [2.75, 3.05) is 5.32 Å². The highest BCUT2D eigenvalue weighted by molar-refractivity contribution is 5.92. The van der Waals surface area contributed by atoms with Crippen molar-refractivity contribution in [3.8, 4) is 6.07 Å². The molecule has 84 valence electrons. The molecule has 1 rings (SSSR count). The number of nitrogens with one attached hydrogen (secondary N) is 1. The summed E-state index contributed by atoms with van der Waals surface area (Å²) in [5, 5.41) is 11.3. The molecule has 0 saturated carbocycles. The third-order valence-electron chi connectivity index (χ3n) is 2.10. The summed E-state index contributed by atoms with van der Waals surface area (Å²) in [6.07, 6.45) is 0.479. The number of aryl methyl sites for hydroxylation is 2. The number of nitrogens with zero attached hydrogens (tertiary/aromatic N) is 3. The first-order valence-electron chi connectivity index (χ1n) is 5.09. The summed E-state index contributed by atoms with van der Waals surface area (Å²) in [7, 11) is 0. The Labute approximate surface area is 94.5 Å². The van der Waals surface area contributed by atoms with Gasteiger partial charge in [0.05, 0.1) is 6.07 Å². The Balaban J connectivity index is 2.81. The van der Waals surface area contributed by atoms with E-state index in [4.69, 9.17) is 5.26 Å².